The lowest BCUT2D eigenvalue weighted by atomic mass is 10.0. The molecule has 6 heteroatoms. The third-order valence-corrected chi connectivity index (χ3v) is 6.22. The normalized spacial score (nSPS) is 21.3. The van der Waals surface area contributed by atoms with Gasteiger partial charge in [0.15, 0.2) is 9.84 Å². The Bertz CT molecular complexity index is 638. The molecule has 1 aromatic carbocycles. The minimum atomic E-state index is -2.92. The molecule has 128 valence electrons. The van der Waals surface area contributed by atoms with Gasteiger partial charge in [-0.1, -0.05) is 29.8 Å². The molecule has 0 radical (unpaired) electrons. The zero-order chi connectivity index (χ0) is 17.0. The van der Waals surface area contributed by atoms with Crippen LogP contribution >= 0.6 is 0 Å². The molecule has 5 nitrogen and oxygen atoms in total. The van der Waals surface area contributed by atoms with Crippen LogP contribution in [0.15, 0.2) is 24.3 Å². The van der Waals surface area contributed by atoms with Crippen molar-refractivity contribution in [3.05, 3.63) is 35.4 Å². The molecule has 1 heterocycles. The van der Waals surface area contributed by atoms with Crippen LogP contribution in [0.25, 0.3) is 0 Å². The van der Waals surface area contributed by atoms with Gasteiger partial charge in [-0.05, 0) is 38.9 Å². The molecule has 0 bridgehead atoms. The number of hydrogen-bond acceptors (Lipinski definition) is 4. The Balaban J connectivity index is 1.89. The molecule has 0 saturated carbocycles. The maximum Gasteiger partial charge on any atom is 0.220 e. The Morgan fingerprint density at radius 1 is 1.30 bits per heavy atom. The number of benzene rings is 1. The molecule has 1 amide bonds. The lowest BCUT2D eigenvalue weighted by Gasteiger charge is -2.25. The third-order valence-electron chi connectivity index (χ3n) is 4.38. The molecule has 1 aliphatic heterocycles. The monoisotopic (exact) mass is 338 g/mol. The molecular formula is C17H26N2O3S. The van der Waals surface area contributed by atoms with Crippen LogP contribution in [-0.2, 0) is 14.6 Å². The summed E-state index contributed by atoms with van der Waals surface area (Å²) in [4.78, 5) is 14.2. The van der Waals surface area contributed by atoms with E-state index in [0.29, 0.717) is 19.4 Å². The van der Waals surface area contributed by atoms with Gasteiger partial charge in [0.2, 0.25) is 5.91 Å². The topological polar surface area (TPSA) is 66.5 Å². The number of likely N-dealkylation sites (N-methyl/N-ethyl adjacent to an activating group) is 1. The largest absolute Gasteiger partial charge is 0.354 e. The predicted molar refractivity (Wildman–Crippen MR) is 92.0 cm³/mol. The Morgan fingerprint density at radius 3 is 2.48 bits per heavy atom. The van der Waals surface area contributed by atoms with Crippen molar-refractivity contribution in [2.24, 2.45) is 5.92 Å². The summed E-state index contributed by atoms with van der Waals surface area (Å²) in [6.07, 6.45) is 0.901. The summed E-state index contributed by atoms with van der Waals surface area (Å²) < 4.78 is 22.9. The standard InChI is InChI=1S/C17H26N2O3S/c1-13-4-6-15(7-5-13)16(19(2)3)11-18-17(20)10-14-8-9-23(21,22)12-14/h4-7,14,16H,8-12H2,1-3H3,(H,18,20)/t14-,16+/m1/s1. The summed E-state index contributed by atoms with van der Waals surface area (Å²) in [6, 6.07) is 8.39. The Labute approximate surface area is 139 Å². The quantitative estimate of drug-likeness (QED) is 0.854. The van der Waals surface area contributed by atoms with E-state index >= 15 is 0 Å². The first kappa shape index (κ1) is 17.9. The smallest absolute Gasteiger partial charge is 0.220 e. The van der Waals surface area contributed by atoms with E-state index in [-0.39, 0.29) is 29.4 Å². The minimum Gasteiger partial charge on any atom is -0.354 e. The van der Waals surface area contributed by atoms with Crippen LogP contribution in [0.1, 0.15) is 30.0 Å². The van der Waals surface area contributed by atoms with Gasteiger partial charge in [0, 0.05) is 13.0 Å². The van der Waals surface area contributed by atoms with Crippen LogP contribution in [0.5, 0.6) is 0 Å². The summed E-state index contributed by atoms with van der Waals surface area (Å²) in [5, 5.41) is 2.96. The van der Waals surface area contributed by atoms with Gasteiger partial charge >= 0.3 is 0 Å². The first-order valence-corrected chi connectivity index (χ1v) is 9.79. The van der Waals surface area contributed by atoms with Crippen molar-refractivity contribution in [1.82, 2.24) is 10.2 Å². The predicted octanol–water partition coefficient (Wildman–Crippen LogP) is 1.54. The van der Waals surface area contributed by atoms with Crippen LogP contribution < -0.4 is 5.32 Å². The van der Waals surface area contributed by atoms with Gasteiger partial charge in [0.1, 0.15) is 0 Å². The fourth-order valence-electron chi connectivity index (χ4n) is 2.97. The van der Waals surface area contributed by atoms with Gasteiger partial charge < -0.3 is 10.2 Å². The fourth-order valence-corrected chi connectivity index (χ4v) is 4.83. The highest BCUT2D eigenvalue weighted by atomic mass is 32.2. The highest BCUT2D eigenvalue weighted by Gasteiger charge is 2.29. The van der Waals surface area contributed by atoms with E-state index in [9.17, 15) is 13.2 Å². The highest BCUT2D eigenvalue weighted by Crippen LogP contribution is 2.22. The van der Waals surface area contributed by atoms with Crippen molar-refractivity contribution in [3.8, 4) is 0 Å². The number of hydrogen-bond donors (Lipinski definition) is 1. The number of carbonyl (C=O) groups is 1. The van der Waals surface area contributed by atoms with E-state index in [4.69, 9.17) is 0 Å². The molecule has 1 N–H and O–H groups in total. The molecule has 1 fully saturated rings. The van der Waals surface area contributed by atoms with Crippen molar-refractivity contribution in [3.63, 3.8) is 0 Å². The van der Waals surface area contributed by atoms with Gasteiger partial charge in [0.05, 0.1) is 17.5 Å². The summed E-state index contributed by atoms with van der Waals surface area (Å²) >= 11 is 0. The molecule has 0 spiro atoms. The van der Waals surface area contributed by atoms with Gasteiger partial charge in [0.25, 0.3) is 0 Å². The van der Waals surface area contributed by atoms with E-state index in [0.717, 1.165) is 5.56 Å². The number of aryl methyl sites for hydroxylation is 1. The molecule has 1 aromatic rings. The van der Waals surface area contributed by atoms with Gasteiger partial charge in [-0.3, -0.25) is 4.79 Å². The van der Waals surface area contributed by atoms with Crippen molar-refractivity contribution in [2.45, 2.75) is 25.8 Å². The highest BCUT2D eigenvalue weighted by molar-refractivity contribution is 7.91. The molecular weight excluding hydrogens is 312 g/mol. The lowest BCUT2D eigenvalue weighted by molar-refractivity contribution is -0.122. The Morgan fingerprint density at radius 2 is 1.96 bits per heavy atom. The molecule has 1 aliphatic rings. The van der Waals surface area contributed by atoms with E-state index < -0.39 is 9.84 Å². The summed E-state index contributed by atoms with van der Waals surface area (Å²) in [5.41, 5.74) is 2.36. The van der Waals surface area contributed by atoms with Crippen LogP contribution in [0.2, 0.25) is 0 Å². The van der Waals surface area contributed by atoms with Gasteiger partial charge in [-0.2, -0.15) is 0 Å². The lowest BCUT2D eigenvalue weighted by Crippen LogP contribution is -2.35. The van der Waals surface area contributed by atoms with Gasteiger partial charge in [-0.15, -0.1) is 0 Å². The second-order valence-electron chi connectivity index (χ2n) is 6.67. The molecule has 2 atom stereocenters. The van der Waals surface area contributed by atoms with Gasteiger partial charge in [-0.25, -0.2) is 8.42 Å². The second-order valence-corrected chi connectivity index (χ2v) is 8.90. The average Bonchev–Trinajstić information content (AvgIpc) is 2.79. The second kappa shape index (κ2) is 7.45. The summed E-state index contributed by atoms with van der Waals surface area (Å²) in [5.74, 6) is 0.271. The van der Waals surface area contributed by atoms with Crippen molar-refractivity contribution in [2.75, 3.05) is 32.1 Å². The number of amides is 1. The molecule has 0 aromatic heterocycles. The molecule has 0 unspecified atom stereocenters. The van der Waals surface area contributed by atoms with Crippen molar-refractivity contribution < 1.29 is 13.2 Å². The van der Waals surface area contributed by atoms with Crippen molar-refractivity contribution >= 4 is 15.7 Å². The zero-order valence-corrected chi connectivity index (χ0v) is 14.9. The van der Waals surface area contributed by atoms with E-state index in [1.54, 1.807) is 0 Å². The number of rotatable bonds is 6. The number of carbonyl (C=O) groups excluding carboxylic acids is 1. The first-order valence-electron chi connectivity index (χ1n) is 7.97. The SMILES string of the molecule is Cc1ccc([C@H](CNC(=O)C[C@H]2CCS(=O)(=O)C2)N(C)C)cc1. The maximum atomic E-state index is 12.1. The zero-order valence-electron chi connectivity index (χ0n) is 14.1. The fraction of sp³-hybridized carbons (Fsp3) is 0.588. The first-order chi connectivity index (χ1) is 10.8. The molecule has 1 saturated heterocycles. The van der Waals surface area contributed by atoms with E-state index in [1.807, 2.05) is 21.0 Å². The number of sulfone groups is 1. The Hall–Kier alpha value is -1.40. The Kier molecular flexibility index (Phi) is 5.81. The molecule has 2 rings (SSSR count). The van der Waals surface area contributed by atoms with Crippen LogP contribution in [0.4, 0.5) is 0 Å². The summed E-state index contributed by atoms with van der Waals surface area (Å²) in [6.45, 7) is 2.57. The maximum absolute atomic E-state index is 12.1. The molecule has 23 heavy (non-hydrogen) atoms. The number of nitrogens with one attached hydrogen (secondary N) is 1. The van der Waals surface area contributed by atoms with E-state index in [1.165, 1.54) is 5.56 Å². The van der Waals surface area contributed by atoms with Crippen molar-refractivity contribution in [1.29, 1.82) is 0 Å². The van der Waals surface area contributed by atoms with Crippen LogP contribution in [0, 0.1) is 12.8 Å². The molecule has 0 aliphatic carbocycles. The average molecular weight is 338 g/mol. The van der Waals surface area contributed by atoms with E-state index in [2.05, 4.69) is 34.5 Å². The third kappa shape index (κ3) is 5.32. The number of nitrogens with zero attached hydrogens (tertiary/aromatic N) is 1. The van der Waals surface area contributed by atoms with Crippen LogP contribution in [0.3, 0.4) is 0 Å². The van der Waals surface area contributed by atoms with Crippen LogP contribution in [-0.4, -0.2) is 51.4 Å². The minimum absolute atomic E-state index is 0.0304. The summed E-state index contributed by atoms with van der Waals surface area (Å²) in [7, 11) is 1.05.